The molecule has 0 heterocycles. The first-order chi connectivity index (χ1) is 25.7. The predicted molar refractivity (Wildman–Crippen MR) is 237 cm³/mol. The van der Waals surface area contributed by atoms with E-state index in [1.807, 2.05) is 6.07 Å². The zero-order valence-corrected chi connectivity index (χ0v) is 60.6. The van der Waals surface area contributed by atoms with Crippen LogP contribution in [0.3, 0.4) is 0 Å². The largest absolute Gasteiger partial charge is 0.361 e. The second-order valence-electron chi connectivity index (χ2n) is 16.2. The Labute approximate surface area is 582 Å². The Kier molecular flexibility index (Phi) is 38.0. The minimum absolute atomic E-state index is 0. The molecule has 4 unspecified atom stereocenters. The van der Waals surface area contributed by atoms with E-state index in [2.05, 4.69) is 85.0 Å². The van der Waals surface area contributed by atoms with Crippen LogP contribution in [0.2, 0.25) is 0 Å². The summed E-state index contributed by atoms with van der Waals surface area (Å²) >= 11 is 0. The summed E-state index contributed by atoms with van der Waals surface area (Å²) in [7, 11) is 0. The molecule has 12 aliphatic carbocycles. The molecule has 0 N–H and O–H groups in total. The summed E-state index contributed by atoms with van der Waals surface area (Å²) in [5, 5.41) is 0. The third-order valence-electron chi connectivity index (χ3n) is 13.8. The van der Waals surface area contributed by atoms with Gasteiger partial charge in [0.1, 0.15) is 0 Å². The smallest absolute Gasteiger partial charge is 0 e. The van der Waals surface area contributed by atoms with Gasteiger partial charge in [-0.2, -0.15) is 70.3 Å². The summed E-state index contributed by atoms with van der Waals surface area (Å²) in [5.74, 6) is 2.68. The quantitative estimate of drug-likeness (QED) is 0.250. The molecule has 4 atom stereocenters. The van der Waals surface area contributed by atoms with Gasteiger partial charge in [-0.15, -0.1) is 52.2 Å². The van der Waals surface area contributed by atoms with Crippen molar-refractivity contribution in [3.8, 4) is 0 Å². The first-order valence-corrected chi connectivity index (χ1v) is 19.8. The molecule has 0 aliphatic heterocycles. The average Bonchev–Trinajstić information content (AvgIpc) is 3.97. The van der Waals surface area contributed by atoms with Crippen LogP contribution in [0.15, 0.2) is 134 Å². The van der Waals surface area contributed by atoms with Gasteiger partial charge in [0.05, 0.1) is 0 Å². The summed E-state index contributed by atoms with van der Waals surface area (Å²) < 4.78 is 0. The average molecular weight is 1920 g/mol. The molecule has 3 fully saturated rings. The van der Waals surface area contributed by atoms with Crippen molar-refractivity contribution in [1.29, 1.82) is 0 Å². The van der Waals surface area contributed by atoms with E-state index >= 15 is 0 Å². The third-order valence-corrected chi connectivity index (χ3v) is 13.8. The molecule has 0 amide bonds. The molecule has 12 aliphatic rings. The Morgan fingerprint density at radius 1 is 0.591 bits per heavy atom. The molecule has 0 bridgehead atoms. The van der Waals surface area contributed by atoms with Crippen molar-refractivity contribution in [2.24, 2.45) is 11.8 Å². The zero-order chi connectivity index (χ0) is 34.5. The fourth-order valence-corrected chi connectivity index (χ4v) is 11.6. The van der Waals surface area contributed by atoms with Crippen LogP contribution in [-0.4, -0.2) is 0 Å². The maximum absolute atomic E-state index is 5.89. The van der Waals surface area contributed by atoms with E-state index in [-0.39, 0.29) is 282 Å². The van der Waals surface area contributed by atoms with Gasteiger partial charge < -0.3 is 36.0 Å². The Hall–Kier alpha value is 3.66. The molecular weight excluding hydrogens is 1870 g/mol. The number of rotatable bonds is 1. The molecule has 10 heteroatoms. The predicted octanol–water partition coefficient (Wildman–Crippen LogP) is 14.7. The molecule has 0 nitrogen and oxygen atoms in total. The molecule has 2 aromatic rings. The maximum Gasteiger partial charge on any atom is 0 e. The fourth-order valence-electron chi connectivity index (χ4n) is 11.6. The van der Waals surface area contributed by atoms with Crippen molar-refractivity contribution in [3.05, 3.63) is 199 Å². The minimum atomic E-state index is 0. The van der Waals surface area contributed by atoms with E-state index in [9.17, 15) is 0 Å². The van der Waals surface area contributed by atoms with E-state index in [0.717, 1.165) is 43.1 Å². The van der Waals surface area contributed by atoms with E-state index < -0.39 is 0 Å². The first kappa shape index (κ1) is 76.2. The van der Waals surface area contributed by atoms with Crippen LogP contribution in [0.5, 0.6) is 0 Å². The Balaban J connectivity index is -0.000000363. The first-order valence-electron chi connectivity index (χ1n) is 19.8. The van der Waals surface area contributed by atoms with Gasteiger partial charge in [-0.05, 0) is 67.9 Å². The summed E-state index contributed by atoms with van der Waals surface area (Å²) in [6, 6.07) is 17.5. The summed E-state index contributed by atoms with van der Waals surface area (Å²) in [6.45, 7) is 11.4. The van der Waals surface area contributed by atoms with Gasteiger partial charge in [-0.1, -0.05) is 102 Å². The number of aryl methyl sites for hydroxylation is 1. The van der Waals surface area contributed by atoms with Gasteiger partial charge in [0, 0.05) is 252 Å². The number of hydrogen-bond donors (Lipinski definition) is 0. The molecule has 66 heavy (non-hydrogen) atoms. The second-order valence-corrected chi connectivity index (χ2v) is 16.2. The monoisotopic (exact) mass is 1920 g/mol. The van der Waals surface area contributed by atoms with Crippen LogP contribution in [0.25, 0.3) is 11.1 Å². The number of allylic oxidation sites excluding steroid dienone is 22. The van der Waals surface area contributed by atoms with Crippen LogP contribution in [0, 0.1) is 49.3 Å². The number of fused-ring (bicyclic) bond motifs is 7. The number of benzene rings is 2. The maximum atomic E-state index is 5.89. The van der Waals surface area contributed by atoms with Crippen LogP contribution in [0.4, 0.5) is 0 Å². The number of hydrogen-bond acceptors (Lipinski definition) is 0. The van der Waals surface area contributed by atoms with E-state index in [0.29, 0.717) is 11.8 Å². The molecule has 334 valence electrons. The SMILES string of the molecule is C.C.C.C.[CH-]=C1CCC2C1=[C-]C1=C2C=CC1.[CH-]=CC1=[C-]C2=C3C(=CC2)CCC13.[V].[V].[W].[W].[W].[W].[Y].[Y].[Y].[Y].[c-]1ccc2c(c1)C1CCC3=CCC2=C31.[c-]1ccc2c3c1CCC3C1=C2CC=C1. The van der Waals surface area contributed by atoms with Gasteiger partial charge in [-0.25, -0.2) is 0 Å². The molecular formula is C56H58V2W4Y4-6. The van der Waals surface area contributed by atoms with Gasteiger partial charge >= 0.3 is 0 Å². The standard InChI is InChI=1S/2C14H11.2C12H10.4CH4.2V.4W.4Y/c1-3-9-7-8-13-11-5-2-4-10(11)12(6-1)14(9)13;1-2-4-11-10(3-1)12-7-5-9-6-8-13(11)14(9)12;1-8-5-6-11-10-4-2-3-9(10)7-12(8)11;1-2-8-7-10-4-3-9-5-6-11(8)12(9)10;;;;;;;;;;;;;;/h1-2,5-6,13H,4,7-8H2;1,3-5,13H,6-8H2;1-2,4,11H,3,5-6H2;1-3,11H,4-6H2;4*1H4;;;;;;;;;;/q2*-1;2*-2;;;;;;;;;;;;;;. The molecule has 14 rings (SSSR count). The van der Waals surface area contributed by atoms with E-state index in [1.165, 1.54) is 95.9 Å². The molecule has 3 saturated carbocycles. The van der Waals surface area contributed by atoms with E-state index in [1.54, 1.807) is 56.2 Å². The van der Waals surface area contributed by atoms with Crippen LogP contribution < -0.4 is 0 Å². The van der Waals surface area contributed by atoms with Gasteiger partial charge in [-0.3, -0.25) is 12.2 Å². The fraction of sp³-hybridized carbons (Fsp3) is 0.357. The van der Waals surface area contributed by atoms with Crippen molar-refractivity contribution in [1.82, 2.24) is 0 Å². The van der Waals surface area contributed by atoms with Crippen LogP contribution in [0.1, 0.15) is 140 Å². The van der Waals surface area contributed by atoms with Crippen molar-refractivity contribution < 1.29 is 252 Å². The third kappa shape index (κ3) is 13.6. The van der Waals surface area contributed by atoms with Crippen molar-refractivity contribution in [3.63, 3.8) is 0 Å². The van der Waals surface area contributed by atoms with E-state index in [4.69, 9.17) is 13.2 Å². The molecule has 0 aromatic heterocycles. The normalized spacial score (nSPS) is 22.3. The zero-order valence-electron chi connectivity index (χ0n) is 34.7. The topological polar surface area (TPSA) is 0 Å². The Morgan fingerprint density at radius 3 is 1.94 bits per heavy atom. The van der Waals surface area contributed by atoms with Crippen molar-refractivity contribution >= 4 is 11.1 Å². The molecule has 2 aromatic carbocycles. The minimum Gasteiger partial charge on any atom is -0.361 e. The molecule has 6 radical (unpaired) electrons. The van der Waals surface area contributed by atoms with Gasteiger partial charge in [0.15, 0.2) is 0 Å². The summed E-state index contributed by atoms with van der Waals surface area (Å²) in [4.78, 5) is 0. The van der Waals surface area contributed by atoms with Crippen molar-refractivity contribution in [2.75, 3.05) is 0 Å². The van der Waals surface area contributed by atoms with Gasteiger partial charge in [0.2, 0.25) is 0 Å². The molecule has 0 saturated heterocycles. The molecule has 0 spiro atoms. The summed E-state index contributed by atoms with van der Waals surface area (Å²) in [6.07, 6.45) is 36.9. The van der Waals surface area contributed by atoms with Gasteiger partial charge in [0.25, 0.3) is 0 Å². The van der Waals surface area contributed by atoms with Crippen LogP contribution >= 0.6 is 0 Å². The Bertz CT molecular complexity index is 2390. The van der Waals surface area contributed by atoms with Crippen molar-refractivity contribution in [2.45, 2.75) is 119 Å². The Morgan fingerprint density at radius 2 is 1.21 bits per heavy atom. The summed E-state index contributed by atoms with van der Waals surface area (Å²) in [5.41, 5.74) is 26.8. The van der Waals surface area contributed by atoms with Crippen LogP contribution in [-0.2, 0) is 259 Å². The second kappa shape index (κ2) is 33.0.